The van der Waals surface area contributed by atoms with Crippen molar-refractivity contribution in [3.05, 3.63) is 78.7 Å². The first-order valence-electron chi connectivity index (χ1n) is 7.26. The maximum Gasteiger partial charge on any atom is 0.155 e. The van der Waals surface area contributed by atoms with Gasteiger partial charge in [-0.3, -0.25) is 9.78 Å². The molecule has 3 nitrogen and oxygen atoms in total. The van der Waals surface area contributed by atoms with E-state index < -0.39 is 0 Å². The average molecular weight is 499 g/mol. The van der Waals surface area contributed by atoms with E-state index in [0.717, 1.165) is 22.0 Å². The Balaban J connectivity index is 0.000000312. The number of nitrogens with zero attached hydrogens (tertiary/aromatic N) is 1. The van der Waals surface area contributed by atoms with Crippen LogP contribution in [0, 0.1) is 6.07 Å². The quantitative estimate of drug-likeness (QED) is 0.315. The molecule has 0 radical (unpaired) electrons. The SMILES string of the molecule is CC(=O)/C=C(/C)O.[Pt].[c-]1ccccc1-c1cccc2cccnc12. The Morgan fingerprint density at radius 1 is 1.08 bits per heavy atom. The van der Waals surface area contributed by atoms with Gasteiger partial charge in [-0.05, 0) is 25.3 Å². The van der Waals surface area contributed by atoms with Crippen molar-refractivity contribution in [2.45, 2.75) is 13.8 Å². The summed E-state index contributed by atoms with van der Waals surface area (Å²) in [5.74, 6) is -0.0625. The summed E-state index contributed by atoms with van der Waals surface area (Å²) in [4.78, 5) is 14.5. The first-order valence-corrected chi connectivity index (χ1v) is 7.26. The molecule has 126 valence electrons. The van der Waals surface area contributed by atoms with E-state index in [0.29, 0.717) is 0 Å². The standard InChI is InChI=1S/C15H10N.C5H8O2.Pt/c1-2-6-12(7-3-1)14-10-4-8-13-9-5-11-16-15(13)14;1-4(6)3-5(2)7;/h1-6,8-11H;3,6H,1-2H3;/q-1;;/b;4-3-;. The molecule has 0 spiro atoms. The molecule has 3 aromatic rings. The van der Waals surface area contributed by atoms with Crippen LogP contribution in [0.3, 0.4) is 0 Å². The Bertz CT molecular complexity index is 820. The Morgan fingerprint density at radius 3 is 2.42 bits per heavy atom. The third-order valence-corrected chi connectivity index (χ3v) is 3.04. The number of aliphatic hydroxyl groups is 1. The molecule has 4 heteroatoms. The number of ketones is 1. The van der Waals surface area contributed by atoms with E-state index in [1.807, 2.05) is 30.5 Å². The van der Waals surface area contributed by atoms with Crippen LogP contribution in [0.5, 0.6) is 0 Å². The van der Waals surface area contributed by atoms with Crippen LogP contribution >= 0.6 is 0 Å². The number of benzene rings is 2. The molecule has 0 saturated carbocycles. The van der Waals surface area contributed by atoms with Crippen LogP contribution in [0.15, 0.2) is 72.6 Å². The van der Waals surface area contributed by atoms with Gasteiger partial charge >= 0.3 is 0 Å². The number of para-hydroxylation sites is 1. The average Bonchev–Trinajstić information content (AvgIpc) is 2.54. The molecule has 0 bridgehead atoms. The van der Waals surface area contributed by atoms with Crippen molar-refractivity contribution in [2.75, 3.05) is 0 Å². The van der Waals surface area contributed by atoms with Gasteiger partial charge in [0.05, 0.1) is 5.76 Å². The number of carbonyl (C=O) groups is 1. The first-order chi connectivity index (χ1) is 11.1. The zero-order valence-electron chi connectivity index (χ0n) is 13.5. The molecule has 0 aliphatic carbocycles. The Morgan fingerprint density at radius 2 is 1.83 bits per heavy atom. The number of fused-ring (bicyclic) bond motifs is 1. The molecular formula is C20H18NO2Pt-. The van der Waals surface area contributed by atoms with E-state index >= 15 is 0 Å². The zero-order valence-corrected chi connectivity index (χ0v) is 15.7. The van der Waals surface area contributed by atoms with Crippen LogP contribution in [0.2, 0.25) is 0 Å². The Kier molecular flexibility index (Phi) is 8.08. The van der Waals surface area contributed by atoms with Crippen LogP contribution in [0.1, 0.15) is 13.8 Å². The Hall–Kier alpha value is -2.25. The van der Waals surface area contributed by atoms with Crippen molar-refractivity contribution in [1.82, 2.24) is 4.98 Å². The smallest absolute Gasteiger partial charge is 0.155 e. The number of rotatable bonds is 2. The number of pyridine rings is 1. The predicted octanol–water partition coefficient (Wildman–Crippen LogP) is 4.74. The molecule has 0 aliphatic heterocycles. The largest absolute Gasteiger partial charge is 0.512 e. The van der Waals surface area contributed by atoms with E-state index in [1.165, 1.54) is 19.9 Å². The second-order valence-corrected chi connectivity index (χ2v) is 5.05. The fourth-order valence-corrected chi connectivity index (χ4v) is 2.18. The minimum Gasteiger partial charge on any atom is -0.512 e. The molecule has 0 fully saturated rings. The number of carbonyl (C=O) groups excluding carboxylic acids is 1. The molecule has 0 aliphatic rings. The van der Waals surface area contributed by atoms with Crippen LogP contribution in [-0.2, 0) is 25.9 Å². The van der Waals surface area contributed by atoms with Crippen molar-refractivity contribution >= 4 is 16.7 Å². The monoisotopic (exact) mass is 499 g/mol. The molecule has 1 N–H and O–H groups in total. The molecule has 0 amide bonds. The molecule has 2 aromatic carbocycles. The molecular weight excluding hydrogens is 481 g/mol. The van der Waals surface area contributed by atoms with Gasteiger partial charge in [0.15, 0.2) is 5.78 Å². The van der Waals surface area contributed by atoms with Gasteiger partial charge in [0.1, 0.15) is 0 Å². The first kappa shape index (κ1) is 19.8. The summed E-state index contributed by atoms with van der Waals surface area (Å²) in [5, 5.41) is 9.53. The molecule has 0 atom stereocenters. The van der Waals surface area contributed by atoms with Crippen molar-refractivity contribution in [1.29, 1.82) is 0 Å². The van der Waals surface area contributed by atoms with Gasteiger partial charge in [0.2, 0.25) is 0 Å². The van der Waals surface area contributed by atoms with Gasteiger partial charge in [0.25, 0.3) is 0 Å². The minimum absolute atomic E-state index is 0. The second kappa shape index (κ2) is 9.79. The summed E-state index contributed by atoms with van der Waals surface area (Å²) in [7, 11) is 0. The summed E-state index contributed by atoms with van der Waals surface area (Å²) in [5.41, 5.74) is 3.26. The maximum atomic E-state index is 10.0. The van der Waals surface area contributed by atoms with E-state index in [4.69, 9.17) is 5.11 Å². The van der Waals surface area contributed by atoms with Gasteiger partial charge in [-0.25, -0.2) is 0 Å². The molecule has 0 saturated heterocycles. The van der Waals surface area contributed by atoms with Crippen LogP contribution in [-0.4, -0.2) is 15.9 Å². The van der Waals surface area contributed by atoms with Crippen molar-refractivity contribution in [2.24, 2.45) is 0 Å². The van der Waals surface area contributed by atoms with Crippen LogP contribution in [0.4, 0.5) is 0 Å². The van der Waals surface area contributed by atoms with Crippen molar-refractivity contribution in [3.8, 4) is 11.1 Å². The number of hydrogen-bond acceptors (Lipinski definition) is 3. The number of aliphatic hydroxyl groups excluding tert-OH is 1. The van der Waals surface area contributed by atoms with Gasteiger partial charge in [-0.15, -0.1) is 35.9 Å². The third-order valence-electron chi connectivity index (χ3n) is 3.04. The zero-order chi connectivity index (χ0) is 16.7. The van der Waals surface area contributed by atoms with Crippen LogP contribution in [0.25, 0.3) is 22.0 Å². The van der Waals surface area contributed by atoms with Crippen molar-refractivity contribution in [3.63, 3.8) is 0 Å². The van der Waals surface area contributed by atoms with E-state index in [1.54, 1.807) is 0 Å². The number of hydrogen-bond donors (Lipinski definition) is 1. The van der Waals surface area contributed by atoms with E-state index in [-0.39, 0.29) is 32.6 Å². The van der Waals surface area contributed by atoms with Crippen LogP contribution < -0.4 is 0 Å². The second-order valence-electron chi connectivity index (χ2n) is 5.05. The van der Waals surface area contributed by atoms with Crippen molar-refractivity contribution < 1.29 is 31.0 Å². The Labute approximate surface area is 156 Å². The van der Waals surface area contributed by atoms with E-state index in [2.05, 4.69) is 41.4 Å². The predicted molar refractivity (Wildman–Crippen MR) is 93.1 cm³/mol. The molecule has 3 rings (SSSR count). The van der Waals surface area contributed by atoms with Gasteiger partial charge in [0, 0.05) is 38.9 Å². The number of allylic oxidation sites excluding steroid dienone is 2. The fourth-order valence-electron chi connectivity index (χ4n) is 2.18. The minimum atomic E-state index is -0.125. The molecule has 1 aromatic heterocycles. The summed E-state index contributed by atoms with van der Waals surface area (Å²) >= 11 is 0. The fraction of sp³-hybridized carbons (Fsp3) is 0.100. The molecule has 24 heavy (non-hydrogen) atoms. The van der Waals surface area contributed by atoms with Gasteiger partial charge < -0.3 is 5.11 Å². The summed E-state index contributed by atoms with van der Waals surface area (Å²) in [6.07, 6.45) is 2.99. The normalized spacial score (nSPS) is 10.3. The third kappa shape index (κ3) is 5.75. The summed E-state index contributed by atoms with van der Waals surface area (Å²) in [6, 6.07) is 21.5. The summed E-state index contributed by atoms with van der Waals surface area (Å²) < 4.78 is 0. The van der Waals surface area contributed by atoms with Gasteiger partial charge in [-0.2, -0.15) is 0 Å². The molecule has 0 unspecified atom stereocenters. The number of aromatic nitrogens is 1. The topological polar surface area (TPSA) is 50.2 Å². The maximum absolute atomic E-state index is 10.0. The van der Waals surface area contributed by atoms with E-state index in [9.17, 15) is 4.79 Å². The molecule has 1 heterocycles. The van der Waals surface area contributed by atoms with Gasteiger partial charge in [-0.1, -0.05) is 29.8 Å². The summed E-state index contributed by atoms with van der Waals surface area (Å²) in [6.45, 7) is 2.85.